The van der Waals surface area contributed by atoms with Gasteiger partial charge in [0.2, 0.25) is 11.8 Å². The number of carbonyl (C=O) groups is 4. The Kier molecular flexibility index (Phi) is 12.3. The van der Waals surface area contributed by atoms with E-state index >= 15 is 0 Å². The summed E-state index contributed by atoms with van der Waals surface area (Å²) in [5, 5.41) is 6.44. The molecule has 3 aliphatic heterocycles. The summed E-state index contributed by atoms with van der Waals surface area (Å²) >= 11 is 0. The number of hydrogen-bond donors (Lipinski definition) is 4. The normalized spacial score (nSPS) is 19.2. The highest BCUT2D eigenvalue weighted by Gasteiger charge is 2.41. The molecule has 0 saturated carbocycles. The number of likely N-dealkylation sites (tertiary alicyclic amines) is 2. The number of rotatable bonds is 11. The van der Waals surface area contributed by atoms with Gasteiger partial charge in [-0.3, -0.25) is 19.6 Å². The molecule has 4 N–H and O–H groups in total. The van der Waals surface area contributed by atoms with Crippen molar-refractivity contribution in [1.29, 1.82) is 0 Å². The second kappa shape index (κ2) is 18.1. The smallest absolute Gasteiger partial charge is 0.407 e. The van der Waals surface area contributed by atoms with E-state index in [2.05, 4.69) is 31.7 Å². The Morgan fingerprint density at radius 3 is 1.93 bits per heavy atom. The van der Waals surface area contributed by atoms with E-state index in [-0.39, 0.29) is 35.7 Å². The van der Waals surface area contributed by atoms with Crippen molar-refractivity contribution in [1.82, 2.24) is 50.3 Å². The van der Waals surface area contributed by atoms with Crippen LogP contribution >= 0.6 is 0 Å². The van der Waals surface area contributed by atoms with Crippen molar-refractivity contribution in [3.63, 3.8) is 0 Å². The molecular weight excluding hydrogens is 781 g/mol. The summed E-state index contributed by atoms with van der Waals surface area (Å²) in [6, 6.07) is 10.2. The van der Waals surface area contributed by atoms with Crippen LogP contribution < -0.4 is 10.6 Å². The van der Waals surface area contributed by atoms with Crippen LogP contribution in [0.2, 0.25) is 0 Å². The molecule has 3 fully saturated rings. The second-order valence-electron chi connectivity index (χ2n) is 16.2. The lowest BCUT2D eigenvalue weighted by atomic mass is 9.90. The number of pyridine rings is 2. The fourth-order valence-electron chi connectivity index (χ4n) is 8.76. The molecule has 5 aromatic rings. The molecular formula is C44H52N10O7. The number of methoxy groups -OCH3 is 2. The first kappa shape index (κ1) is 41.4. The summed E-state index contributed by atoms with van der Waals surface area (Å²) in [6.07, 6.45) is 10.4. The average molecular weight is 833 g/mol. The Labute approximate surface area is 353 Å². The van der Waals surface area contributed by atoms with Crippen LogP contribution in [-0.2, 0) is 23.8 Å². The predicted molar refractivity (Wildman–Crippen MR) is 225 cm³/mol. The van der Waals surface area contributed by atoms with Crippen LogP contribution in [0.15, 0.2) is 61.2 Å². The van der Waals surface area contributed by atoms with E-state index in [1.165, 1.54) is 14.2 Å². The van der Waals surface area contributed by atoms with E-state index in [1.807, 2.05) is 55.3 Å². The van der Waals surface area contributed by atoms with E-state index < -0.39 is 24.3 Å². The average Bonchev–Trinajstić information content (AvgIpc) is 4.14. The molecule has 4 aromatic heterocycles. The number of hydrogen-bond acceptors (Lipinski definition) is 11. The molecule has 4 amide bonds. The summed E-state index contributed by atoms with van der Waals surface area (Å²) in [5.74, 6) is 0.944. The second-order valence-corrected chi connectivity index (χ2v) is 16.2. The van der Waals surface area contributed by atoms with Gasteiger partial charge in [-0.05, 0) is 74.6 Å². The summed E-state index contributed by atoms with van der Waals surface area (Å²) in [4.78, 5) is 81.2. The van der Waals surface area contributed by atoms with Gasteiger partial charge in [-0.25, -0.2) is 19.6 Å². The van der Waals surface area contributed by atoms with Crippen molar-refractivity contribution in [3.05, 3.63) is 72.8 Å². The lowest BCUT2D eigenvalue weighted by molar-refractivity contribution is -0.137. The van der Waals surface area contributed by atoms with E-state index in [0.29, 0.717) is 50.8 Å². The highest BCUT2D eigenvalue weighted by Crippen LogP contribution is 2.36. The Balaban J connectivity index is 0.935. The standard InChI is InChI=1S/C44H52N10O7/c1-25(2)37(51-43(57)59-3)41(55)53-15-5-7-35(53)40-48-24-34(50-40)30-19-27-9-10-28(20-32(27)46-22-30)31-12-11-29(21-45-31)33-23-47-39(49-33)36-8-6-16-54(36)42(56)38(52-44(58)60-4)26-13-17-61-18-14-26/h9-12,19-26,35-38H,5-8,13-18H2,1-4H3,(H,47,49)(H,48,50)(H,51,57)(H,52,58). The van der Waals surface area contributed by atoms with Gasteiger partial charge >= 0.3 is 12.2 Å². The Morgan fingerprint density at radius 2 is 1.31 bits per heavy atom. The van der Waals surface area contributed by atoms with Gasteiger partial charge < -0.3 is 44.6 Å². The molecule has 7 heterocycles. The Hall–Kier alpha value is -6.36. The van der Waals surface area contributed by atoms with E-state index in [4.69, 9.17) is 29.2 Å². The highest BCUT2D eigenvalue weighted by atomic mass is 16.5. The van der Waals surface area contributed by atoms with Gasteiger partial charge in [-0.2, -0.15) is 0 Å². The maximum atomic E-state index is 14.0. The van der Waals surface area contributed by atoms with E-state index in [9.17, 15) is 19.2 Å². The van der Waals surface area contributed by atoms with E-state index in [0.717, 1.165) is 70.4 Å². The number of amides is 4. The van der Waals surface area contributed by atoms with Gasteiger partial charge in [-0.15, -0.1) is 0 Å². The van der Waals surface area contributed by atoms with Crippen LogP contribution in [-0.4, -0.2) is 116 Å². The van der Waals surface area contributed by atoms with Crippen molar-refractivity contribution in [2.24, 2.45) is 11.8 Å². The van der Waals surface area contributed by atoms with Crippen LogP contribution in [0.3, 0.4) is 0 Å². The number of alkyl carbamates (subject to hydrolysis) is 2. The SMILES string of the molecule is COC(=O)NC(C(=O)N1CCCC1c1ncc(-c2cnc3cc(-c4ccc(-c5cnc(C6CCCN6C(=O)C(NC(=O)OC)C6CCOCC6)[nH]5)cn4)ccc3c2)[nH]1)C(C)C. The number of ether oxygens (including phenoxy) is 3. The highest BCUT2D eigenvalue weighted by molar-refractivity contribution is 5.88. The molecule has 0 radical (unpaired) electrons. The van der Waals surface area contributed by atoms with Gasteiger partial charge in [0.25, 0.3) is 0 Å². The van der Waals surface area contributed by atoms with Gasteiger partial charge in [0.1, 0.15) is 23.7 Å². The first-order valence-corrected chi connectivity index (χ1v) is 21.0. The molecule has 0 bridgehead atoms. The number of carbonyl (C=O) groups excluding carboxylic acids is 4. The summed E-state index contributed by atoms with van der Waals surface area (Å²) in [7, 11) is 2.59. The van der Waals surface area contributed by atoms with Crippen LogP contribution in [0.5, 0.6) is 0 Å². The molecule has 1 aromatic carbocycles. The molecule has 3 aliphatic rings. The number of fused-ring (bicyclic) bond motifs is 1. The molecule has 0 aliphatic carbocycles. The van der Waals surface area contributed by atoms with E-state index in [1.54, 1.807) is 23.5 Å². The van der Waals surface area contributed by atoms with Gasteiger partial charge in [0.05, 0.1) is 61.3 Å². The van der Waals surface area contributed by atoms with Crippen LogP contribution in [0.4, 0.5) is 9.59 Å². The molecule has 0 spiro atoms. The first-order valence-electron chi connectivity index (χ1n) is 21.0. The number of H-pyrrole nitrogens is 2. The van der Waals surface area contributed by atoms with Crippen molar-refractivity contribution in [2.45, 2.75) is 76.5 Å². The third-order valence-corrected chi connectivity index (χ3v) is 12.1. The van der Waals surface area contributed by atoms with Crippen molar-refractivity contribution in [2.75, 3.05) is 40.5 Å². The maximum Gasteiger partial charge on any atom is 0.407 e. The zero-order valence-corrected chi connectivity index (χ0v) is 34.8. The Morgan fingerprint density at radius 1 is 0.705 bits per heavy atom. The van der Waals surface area contributed by atoms with Crippen LogP contribution in [0.1, 0.15) is 76.1 Å². The zero-order valence-electron chi connectivity index (χ0n) is 34.8. The molecule has 320 valence electrons. The third kappa shape index (κ3) is 8.78. The molecule has 61 heavy (non-hydrogen) atoms. The van der Waals surface area contributed by atoms with Gasteiger partial charge in [0, 0.05) is 60.8 Å². The maximum absolute atomic E-state index is 14.0. The largest absolute Gasteiger partial charge is 0.453 e. The molecule has 8 rings (SSSR count). The number of imidazole rings is 2. The minimum atomic E-state index is -0.704. The fraction of sp³-hybridized carbons (Fsp3) is 0.455. The molecule has 4 atom stereocenters. The Bertz CT molecular complexity index is 2370. The lowest BCUT2D eigenvalue weighted by Crippen LogP contribution is -2.53. The number of nitrogens with one attached hydrogen (secondary N) is 4. The fourth-order valence-corrected chi connectivity index (χ4v) is 8.76. The summed E-state index contributed by atoms with van der Waals surface area (Å²) < 4.78 is 15.1. The summed E-state index contributed by atoms with van der Waals surface area (Å²) in [5.41, 5.74) is 5.83. The van der Waals surface area contributed by atoms with Crippen LogP contribution in [0.25, 0.3) is 44.7 Å². The van der Waals surface area contributed by atoms with Crippen molar-refractivity contribution in [3.8, 4) is 33.8 Å². The lowest BCUT2D eigenvalue weighted by Gasteiger charge is -2.34. The van der Waals surface area contributed by atoms with Gasteiger partial charge in [-0.1, -0.05) is 26.0 Å². The third-order valence-electron chi connectivity index (χ3n) is 12.1. The molecule has 17 nitrogen and oxygen atoms in total. The number of aromatic nitrogens is 6. The molecule has 3 saturated heterocycles. The number of benzene rings is 1. The quantitative estimate of drug-likeness (QED) is 0.123. The first-order chi connectivity index (χ1) is 29.6. The topological polar surface area (TPSA) is 210 Å². The number of aromatic amines is 2. The van der Waals surface area contributed by atoms with Crippen LogP contribution in [0, 0.1) is 11.8 Å². The number of nitrogens with zero attached hydrogens (tertiary/aromatic N) is 6. The van der Waals surface area contributed by atoms with Gasteiger partial charge in [0.15, 0.2) is 0 Å². The minimum absolute atomic E-state index is 0.0386. The predicted octanol–water partition coefficient (Wildman–Crippen LogP) is 5.94. The summed E-state index contributed by atoms with van der Waals surface area (Å²) in [6.45, 7) is 6.04. The molecule has 4 unspecified atom stereocenters. The zero-order chi connectivity index (χ0) is 42.6. The monoisotopic (exact) mass is 832 g/mol. The van der Waals surface area contributed by atoms with Crippen molar-refractivity contribution >= 4 is 34.9 Å². The van der Waals surface area contributed by atoms with Crippen molar-refractivity contribution < 1.29 is 33.4 Å². The minimum Gasteiger partial charge on any atom is -0.453 e. The molecule has 17 heteroatoms.